The summed E-state index contributed by atoms with van der Waals surface area (Å²) in [6, 6.07) is 7.79. The van der Waals surface area contributed by atoms with E-state index in [1.165, 1.54) is 12.3 Å². The maximum Gasteiger partial charge on any atom is 0.290 e. The Labute approximate surface area is 223 Å². The molecule has 1 fully saturated rings. The minimum Gasteiger partial charge on any atom is -0.503 e. The number of benzene rings is 1. The van der Waals surface area contributed by atoms with Gasteiger partial charge in [-0.1, -0.05) is 19.9 Å². The predicted molar refractivity (Wildman–Crippen MR) is 142 cm³/mol. The molecule has 0 bridgehead atoms. The molecule has 1 amide bonds. The molecule has 1 unspecified atom stereocenters. The van der Waals surface area contributed by atoms with Crippen LogP contribution in [0.5, 0.6) is 11.5 Å². The number of ether oxygens (including phenoxy) is 3. The number of carbonyl (C=O) groups is 2. The first-order valence-corrected chi connectivity index (χ1v) is 13.4. The lowest BCUT2D eigenvalue weighted by molar-refractivity contribution is -0.129. The van der Waals surface area contributed by atoms with Crippen LogP contribution in [0.25, 0.3) is 0 Å². The van der Waals surface area contributed by atoms with Gasteiger partial charge in [-0.3, -0.25) is 14.5 Å². The molecule has 0 saturated carbocycles. The molecule has 3 heterocycles. The number of aliphatic hydroxyl groups excluding tert-OH is 1. The average molecular weight is 527 g/mol. The van der Waals surface area contributed by atoms with Gasteiger partial charge in [0.2, 0.25) is 5.78 Å². The maximum absolute atomic E-state index is 13.4. The third-order valence-corrected chi connectivity index (χ3v) is 6.81. The van der Waals surface area contributed by atoms with Crippen LogP contribution < -0.4 is 9.47 Å². The number of Topliss-reactive ketones (excluding diaryl/α,β-unsaturated/α-hetero) is 1. The lowest BCUT2D eigenvalue weighted by Crippen LogP contribution is -2.39. The van der Waals surface area contributed by atoms with Crippen molar-refractivity contribution in [3.63, 3.8) is 0 Å². The van der Waals surface area contributed by atoms with Gasteiger partial charge >= 0.3 is 0 Å². The van der Waals surface area contributed by atoms with Gasteiger partial charge in [0.05, 0.1) is 44.3 Å². The number of nitrogens with zero attached hydrogens (tertiary/aromatic N) is 2. The predicted octanol–water partition coefficient (Wildman–Crippen LogP) is 4.40. The highest BCUT2D eigenvalue weighted by Crippen LogP contribution is 2.42. The monoisotopic (exact) mass is 526 g/mol. The second-order valence-corrected chi connectivity index (χ2v) is 9.95. The molecular formula is C29H38N2O7. The molecule has 0 spiro atoms. The van der Waals surface area contributed by atoms with Gasteiger partial charge in [0.1, 0.15) is 0 Å². The molecule has 2 aliphatic heterocycles. The van der Waals surface area contributed by atoms with E-state index in [9.17, 15) is 14.7 Å². The fourth-order valence-electron chi connectivity index (χ4n) is 4.78. The Morgan fingerprint density at radius 2 is 1.92 bits per heavy atom. The number of hydrogen-bond donors (Lipinski definition) is 1. The molecular weight excluding hydrogens is 488 g/mol. The molecule has 9 heteroatoms. The Hall–Kier alpha value is -3.30. The van der Waals surface area contributed by atoms with Gasteiger partial charge in [-0.15, -0.1) is 0 Å². The first kappa shape index (κ1) is 27.7. The fraction of sp³-hybridized carbons (Fsp3) is 0.517. The van der Waals surface area contributed by atoms with Crippen molar-refractivity contribution < 1.29 is 33.3 Å². The molecule has 2 aromatic rings. The highest BCUT2D eigenvalue weighted by molar-refractivity contribution is 6.15. The molecule has 38 heavy (non-hydrogen) atoms. The van der Waals surface area contributed by atoms with E-state index in [0.717, 1.165) is 26.1 Å². The number of rotatable bonds is 13. The van der Waals surface area contributed by atoms with Crippen LogP contribution in [0.3, 0.4) is 0 Å². The zero-order chi connectivity index (χ0) is 27.1. The number of carbonyl (C=O) groups excluding carboxylic acids is 2. The molecule has 1 aromatic heterocycles. The summed E-state index contributed by atoms with van der Waals surface area (Å²) in [6.07, 6.45) is 2.99. The van der Waals surface area contributed by atoms with Crippen LogP contribution in [0, 0.1) is 5.92 Å². The van der Waals surface area contributed by atoms with Crippen LogP contribution in [-0.4, -0.2) is 79.2 Å². The number of furan rings is 1. The fourth-order valence-corrected chi connectivity index (χ4v) is 4.78. The summed E-state index contributed by atoms with van der Waals surface area (Å²) in [5, 5.41) is 10.9. The van der Waals surface area contributed by atoms with E-state index in [4.69, 9.17) is 18.6 Å². The van der Waals surface area contributed by atoms with Crippen molar-refractivity contribution in [2.24, 2.45) is 5.92 Å². The Kier molecular flexibility index (Phi) is 9.47. The van der Waals surface area contributed by atoms with Crippen molar-refractivity contribution in [1.29, 1.82) is 0 Å². The van der Waals surface area contributed by atoms with Crippen molar-refractivity contribution in [3.05, 3.63) is 59.3 Å². The number of morpholine rings is 1. The van der Waals surface area contributed by atoms with Gasteiger partial charge in [0.15, 0.2) is 23.0 Å². The second-order valence-electron chi connectivity index (χ2n) is 9.95. The largest absolute Gasteiger partial charge is 0.503 e. The highest BCUT2D eigenvalue weighted by atomic mass is 16.5. The molecule has 4 rings (SSSR count). The van der Waals surface area contributed by atoms with Gasteiger partial charge < -0.3 is 28.6 Å². The van der Waals surface area contributed by atoms with Gasteiger partial charge in [0, 0.05) is 26.2 Å². The first-order valence-electron chi connectivity index (χ1n) is 13.4. The molecule has 1 atom stereocenters. The summed E-state index contributed by atoms with van der Waals surface area (Å²) >= 11 is 0. The standard InChI is InChI=1S/C29H38N2O7/c1-4-36-24-19-21(8-9-22(24)38-16-10-20(2)3)26-25(27(32)23-7-5-15-37-23)28(33)29(34)31(26)12-6-11-30-13-17-35-18-14-30/h5,7-9,15,19-20,26,33H,4,6,10-14,16-18H2,1-3H3. The van der Waals surface area contributed by atoms with Crippen LogP contribution in [0.1, 0.15) is 55.8 Å². The second kappa shape index (κ2) is 13.0. The Bertz CT molecular complexity index is 1120. The van der Waals surface area contributed by atoms with Crippen molar-refractivity contribution in [2.45, 2.75) is 39.7 Å². The summed E-state index contributed by atoms with van der Waals surface area (Å²) in [5.74, 6) is 0.0795. The summed E-state index contributed by atoms with van der Waals surface area (Å²) < 4.78 is 22.6. The Balaban J connectivity index is 1.63. The van der Waals surface area contributed by atoms with Crippen molar-refractivity contribution in [3.8, 4) is 11.5 Å². The maximum atomic E-state index is 13.4. The summed E-state index contributed by atoms with van der Waals surface area (Å²) in [4.78, 5) is 30.6. The van der Waals surface area contributed by atoms with E-state index in [-0.39, 0.29) is 11.3 Å². The minimum atomic E-state index is -0.784. The number of amides is 1. The van der Waals surface area contributed by atoms with E-state index in [1.54, 1.807) is 23.1 Å². The molecule has 1 N–H and O–H groups in total. The van der Waals surface area contributed by atoms with Crippen LogP contribution in [0.15, 0.2) is 52.3 Å². The SMILES string of the molecule is CCOc1cc(C2C(C(=O)c3ccco3)=C(O)C(=O)N2CCCN2CCOCC2)ccc1OCCC(C)C. The third kappa shape index (κ3) is 6.39. The van der Waals surface area contributed by atoms with Gasteiger partial charge in [-0.25, -0.2) is 0 Å². The smallest absolute Gasteiger partial charge is 0.290 e. The zero-order valence-corrected chi connectivity index (χ0v) is 22.5. The number of aliphatic hydroxyl groups is 1. The Morgan fingerprint density at radius 1 is 1.13 bits per heavy atom. The lowest BCUT2D eigenvalue weighted by Gasteiger charge is -2.30. The first-order chi connectivity index (χ1) is 18.4. The molecule has 206 valence electrons. The van der Waals surface area contributed by atoms with Crippen molar-refractivity contribution >= 4 is 11.7 Å². The average Bonchev–Trinajstić information content (AvgIpc) is 3.53. The summed E-state index contributed by atoms with van der Waals surface area (Å²) in [5.41, 5.74) is 0.663. The normalized spacial score (nSPS) is 18.5. The van der Waals surface area contributed by atoms with E-state index in [1.807, 2.05) is 13.0 Å². The highest BCUT2D eigenvalue weighted by Gasteiger charge is 2.44. The topological polar surface area (TPSA) is 102 Å². The summed E-state index contributed by atoms with van der Waals surface area (Å²) in [6.45, 7) is 11.4. The third-order valence-electron chi connectivity index (χ3n) is 6.81. The molecule has 0 aliphatic carbocycles. The van der Waals surface area contributed by atoms with E-state index < -0.39 is 23.5 Å². The molecule has 1 aromatic carbocycles. The van der Waals surface area contributed by atoms with Crippen LogP contribution >= 0.6 is 0 Å². The van der Waals surface area contributed by atoms with Crippen LogP contribution in [0.4, 0.5) is 0 Å². The Morgan fingerprint density at radius 3 is 2.61 bits per heavy atom. The summed E-state index contributed by atoms with van der Waals surface area (Å²) in [7, 11) is 0. The number of ketones is 1. The molecule has 1 saturated heterocycles. The van der Waals surface area contributed by atoms with Crippen LogP contribution in [-0.2, 0) is 9.53 Å². The van der Waals surface area contributed by atoms with E-state index in [2.05, 4.69) is 18.7 Å². The minimum absolute atomic E-state index is 0.00671. The van der Waals surface area contributed by atoms with E-state index >= 15 is 0 Å². The molecule has 2 aliphatic rings. The van der Waals surface area contributed by atoms with Gasteiger partial charge in [0.25, 0.3) is 5.91 Å². The van der Waals surface area contributed by atoms with Crippen molar-refractivity contribution in [2.75, 3.05) is 52.6 Å². The lowest BCUT2D eigenvalue weighted by atomic mass is 9.94. The number of hydrogen-bond acceptors (Lipinski definition) is 8. The van der Waals surface area contributed by atoms with Crippen LogP contribution in [0.2, 0.25) is 0 Å². The van der Waals surface area contributed by atoms with Gasteiger partial charge in [-0.05, 0) is 55.5 Å². The van der Waals surface area contributed by atoms with E-state index in [0.29, 0.717) is 62.4 Å². The van der Waals surface area contributed by atoms with Crippen molar-refractivity contribution in [1.82, 2.24) is 9.80 Å². The van der Waals surface area contributed by atoms with Gasteiger partial charge in [-0.2, -0.15) is 0 Å². The molecule has 0 radical (unpaired) electrons. The molecule has 9 nitrogen and oxygen atoms in total. The zero-order valence-electron chi connectivity index (χ0n) is 22.5. The quantitative estimate of drug-likeness (QED) is 0.383.